The van der Waals surface area contributed by atoms with E-state index in [4.69, 9.17) is 24.4 Å². The molecule has 2 heterocycles. The number of hydrogen-bond donors (Lipinski definition) is 4. The smallest absolute Gasteiger partial charge is 0.269 e. The maximum atomic E-state index is 13.4. The molecule has 0 aromatic heterocycles. The van der Waals surface area contributed by atoms with Crippen molar-refractivity contribution in [1.29, 1.82) is 0 Å². The van der Waals surface area contributed by atoms with Crippen molar-refractivity contribution in [2.24, 2.45) is 5.41 Å². The fraction of sp³-hybridized carbons (Fsp3) is 0.158. The SMILES string of the molecule is O=C1NC(=S)NC(=O)C12[C@H](c1ccc([N+](=O)[O-])cc1)NC(=S)N[C@H]2c1ccc([N+](=O)[O-])cc1. The Labute approximate surface area is 196 Å². The van der Waals surface area contributed by atoms with Crippen molar-refractivity contribution < 1.29 is 19.4 Å². The Morgan fingerprint density at radius 1 is 0.697 bits per heavy atom. The largest absolute Gasteiger partial charge is 0.354 e. The van der Waals surface area contributed by atoms with Gasteiger partial charge in [-0.05, 0) is 35.6 Å². The van der Waals surface area contributed by atoms with E-state index in [2.05, 4.69) is 21.3 Å². The monoisotopic (exact) mass is 486 g/mol. The zero-order valence-electron chi connectivity index (χ0n) is 16.4. The fourth-order valence-corrected chi connectivity index (χ4v) is 4.46. The number of carbonyl (C=O) groups is 2. The van der Waals surface area contributed by atoms with Gasteiger partial charge in [-0.15, -0.1) is 0 Å². The maximum Gasteiger partial charge on any atom is 0.269 e. The Hall–Kier alpha value is -4.04. The van der Waals surface area contributed by atoms with Crippen molar-refractivity contribution in [2.75, 3.05) is 0 Å². The van der Waals surface area contributed by atoms with Gasteiger partial charge in [-0.2, -0.15) is 0 Å². The Morgan fingerprint density at radius 2 is 1.06 bits per heavy atom. The number of nitro groups is 2. The minimum Gasteiger partial charge on any atom is -0.354 e. The summed E-state index contributed by atoms with van der Waals surface area (Å²) in [4.78, 5) is 47.8. The molecule has 0 unspecified atom stereocenters. The van der Waals surface area contributed by atoms with E-state index >= 15 is 0 Å². The molecule has 2 atom stereocenters. The lowest BCUT2D eigenvalue weighted by Gasteiger charge is -2.50. The third kappa shape index (κ3) is 3.64. The molecule has 4 rings (SSSR count). The molecule has 2 aliphatic heterocycles. The number of hydrogen-bond acceptors (Lipinski definition) is 8. The molecule has 4 N–H and O–H groups in total. The molecule has 168 valence electrons. The van der Waals surface area contributed by atoms with Crippen LogP contribution in [0.5, 0.6) is 0 Å². The van der Waals surface area contributed by atoms with E-state index in [1.54, 1.807) is 0 Å². The summed E-state index contributed by atoms with van der Waals surface area (Å²) in [6.07, 6.45) is 0. The lowest BCUT2D eigenvalue weighted by Crippen LogP contribution is -2.73. The first-order chi connectivity index (χ1) is 15.6. The van der Waals surface area contributed by atoms with Gasteiger partial charge in [0.25, 0.3) is 11.4 Å². The van der Waals surface area contributed by atoms with Crippen LogP contribution < -0.4 is 21.3 Å². The van der Waals surface area contributed by atoms with Crippen LogP contribution in [0.2, 0.25) is 0 Å². The van der Waals surface area contributed by atoms with Gasteiger partial charge in [-0.3, -0.25) is 29.8 Å². The summed E-state index contributed by atoms with van der Waals surface area (Å²) in [6, 6.07) is 8.60. The summed E-state index contributed by atoms with van der Waals surface area (Å²) < 4.78 is 0. The molecule has 1 spiro atoms. The Bertz CT molecular complexity index is 1120. The van der Waals surface area contributed by atoms with Crippen molar-refractivity contribution in [1.82, 2.24) is 21.3 Å². The van der Waals surface area contributed by atoms with Crippen molar-refractivity contribution in [3.8, 4) is 0 Å². The average Bonchev–Trinajstić information content (AvgIpc) is 2.77. The molecule has 2 aliphatic rings. The summed E-state index contributed by atoms with van der Waals surface area (Å²) in [5.41, 5.74) is -1.47. The molecule has 0 bridgehead atoms. The van der Waals surface area contributed by atoms with Crippen LogP contribution in [0, 0.1) is 25.6 Å². The number of rotatable bonds is 4. The molecule has 2 aromatic carbocycles. The second kappa shape index (κ2) is 8.14. The standard InChI is InChI=1S/C19H14N6O6S2/c26-15-19(16(27)23-18(33)22-15)13(9-1-5-11(6-2-9)24(28)29)20-17(32)21-14(19)10-3-7-12(8-4-10)25(30)31/h1-8,13-14H,(H2,20,21,32)(H2,22,23,26,27,33)/t13-,14-/m0/s1. The zero-order chi connectivity index (χ0) is 23.9. The predicted molar refractivity (Wildman–Crippen MR) is 122 cm³/mol. The first-order valence-corrected chi connectivity index (χ1v) is 10.2. The maximum absolute atomic E-state index is 13.4. The molecule has 0 radical (unpaired) electrons. The topological polar surface area (TPSA) is 169 Å². The van der Waals surface area contributed by atoms with E-state index in [0.717, 1.165) is 0 Å². The summed E-state index contributed by atoms with van der Waals surface area (Å²) in [5, 5.41) is 32.8. The molecule has 12 nitrogen and oxygen atoms in total. The first kappa shape index (κ1) is 22.2. The minimum atomic E-state index is -1.89. The lowest BCUT2D eigenvalue weighted by atomic mass is 9.65. The van der Waals surface area contributed by atoms with Crippen LogP contribution in [0.25, 0.3) is 0 Å². The van der Waals surface area contributed by atoms with E-state index in [1.165, 1.54) is 48.5 Å². The molecular weight excluding hydrogens is 472 g/mol. The number of nitrogens with zero attached hydrogens (tertiary/aromatic N) is 2. The van der Waals surface area contributed by atoms with Crippen LogP contribution in [0.4, 0.5) is 11.4 Å². The molecule has 2 fully saturated rings. The van der Waals surface area contributed by atoms with Gasteiger partial charge >= 0.3 is 0 Å². The van der Waals surface area contributed by atoms with Crippen LogP contribution in [0.1, 0.15) is 23.2 Å². The average molecular weight is 486 g/mol. The summed E-state index contributed by atoms with van der Waals surface area (Å²) in [6.45, 7) is 0. The highest BCUT2D eigenvalue weighted by Crippen LogP contribution is 2.48. The zero-order valence-corrected chi connectivity index (χ0v) is 18.1. The highest BCUT2D eigenvalue weighted by atomic mass is 32.1. The number of thiocarbonyl (C=S) groups is 2. The van der Waals surface area contributed by atoms with E-state index in [-0.39, 0.29) is 21.6 Å². The van der Waals surface area contributed by atoms with Gasteiger partial charge in [0.05, 0.1) is 21.9 Å². The molecule has 0 saturated carbocycles. The Balaban J connectivity index is 1.89. The first-order valence-electron chi connectivity index (χ1n) is 9.37. The van der Waals surface area contributed by atoms with E-state index in [1.807, 2.05) is 0 Å². The molecule has 2 saturated heterocycles. The number of nitro benzene ring substituents is 2. The van der Waals surface area contributed by atoms with Crippen molar-refractivity contribution >= 4 is 57.8 Å². The van der Waals surface area contributed by atoms with E-state index in [9.17, 15) is 29.8 Å². The Kier molecular flexibility index (Phi) is 5.47. The van der Waals surface area contributed by atoms with E-state index < -0.39 is 39.2 Å². The molecule has 14 heteroatoms. The van der Waals surface area contributed by atoms with Gasteiger partial charge in [-0.25, -0.2) is 0 Å². The van der Waals surface area contributed by atoms with Crippen LogP contribution in [0.3, 0.4) is 0 Å². The van der Waals surface area contributed by atoms with Crippen LogP contribution >= 0.6 is 24.4 Å². The number of amides is 2. The number of carbonyl (C=O) groups excluding carboxylic acids is 2. The van der Waals surface area contributed by atoms with Gasteiger partial charge in [0, 0.05) is 24.3 Å². The van der Waals surface area contributed by atoms with Gasteiger partial charge in [-0.1, -0.05) is 24.3 Å². The van der Waals surface area contributed by atoms with Gasteiger partial charge < -0.3 is 21.3 Å². The molecule has 0 aliphatic carbocycles. The van der Waals surface area contributed by atoms with Crippen LogP contribution in [-0.2, 0) is 9.59 Å². The molecule has 2 aromatic rings. The molecular formula is C19H14N6O6S2. The number of benzene rings is 2. The van der Waals surface area contributed by atoms with Gasteiger partial charge in [0.2, 0.25) is 11.8 Å². The summed E-state index contributed by atoms with van der Waals surface area (Å²) in [5.74, 6) is -1.46. The van der Waals surface area contributed by atoms with Gasteiger partial charge in [0.1, 0.15) is 0 Å². The van der Waals surface area contributed by atoms with Gasteiger partial charge in [0.15, 0.2) is 15.6 Å². The van der Waals surface area contributed by atoms with Crippen molar-refractivity contribution in [2.45, 2.75) is 12.1 Å². The molecule has 33 heavy (non-hydrogen) atoms. The number of nitrogens with one attached hydrogen (secondary N) is 4. The summed E-state index contributed by atoms with van der Waals surface area (Å²) >= 11 is 10.3. The third-order valence-electron chi connectivity index (χ3n) is 5.54. The van der Waals surface area contributed by atoms with Crippen molar-refractivity contribution in [3.05, 3.63) is 79.9 Å². The molecule has 2 amide bonds. The van der Waals surface area contributed by atoms with E-state index in [0.29, 0.717) is 11.1 Å². The normalized spacial score (nSPS) is 21.5. The lowest BCUT2D eigenvalue weighted by molar-refractivity contribution is -0.385. The second-order valence-electron chi connectivity index (χ2n) is 7.29. The van der Waals surface area contributed by atoms with Crippen molar-refractivity contribution in [3.63, 3.8) is 0 Å². The van der Waals surface area contributed by atoms with Crippen LogP contribution in [-0.4, -0.2) is 31.9 Å². The van der Waals surface area contributed by atoms with Crippen LogP contribution in [0.15, 0.2) is 48.5 Å². The minimum absolute atomic E-state index is 0.112. The highest BCUT2D eigenvalue weighted by molar-refractivity contribution is 7.80. The second-order valence-corrected chi connectivity index (χ2v) is 8.10. The number of non-ortho nitro benzene ring substituents is 2. The highest BCUT2D eigenvalue weighted by Gasteiger charge is 2.63. The summed E-state index contributed by atoms with van der Waals surface area (Å²) in [7, 11) is 0. The third-order valence-corrected chi connectivity index (χ3v) is 5.98. The Morgan fingerprint density at radius 3 is 1.39 bits per heavy atom. The predicted octanol–water partition coefficient (Wildman–Crippen LogP) is 1.28. The quantitative estimate of drug-likeness (QED) is 0.214. The fourth-order valence-electron chi connectivity index (χ4n) is 4.04.